The maximum absolute atomic E-state index is 10.7. The first-order valence-corrected chi connectivity index (χ1v) is 5.35. The van der Waals surface area contributed by atoms with Crippen LogP contribution in [0.4, 0.5) is 5.82 Å². The van der Waals surface area contributed by atoms with E-state index in [1.165, 1.54) is 6.92 Å². The van der Waals surface area contributed by atoms with Gasteiger partial charge in [-0.1, -0.05) is 23.2 Å². The molecule has 1 rings (SSSR count). The summed E-state index contributed by atoms with van der Waals surface area (Å²) in [7, 11) is 0. The molecule has 0 aromatic carbocycles. The molecule has 0 amide bonds. The molecule has 0 aliphatic heterocycles. The van der Waals surface area contributed by atoms with Crippen LogP contribution in [0.2, 0.25) is 0 Å². The highest BCUT2D eigenvalue weighted by atomic mass is 35.5. The quantitative estimate of drug-likeness (QED) is 0.364. The minimum Gasteiger partial charge on any atom is -0.440 e. The molecule has 0 saturated carbocycles. The van der Waals surface area contributed by atoms with Crippen molar-refractivity contribution in [1.82, 2.24) is 9.55 Å². The summed E-state index contributed by atoms with van der Waals surface area (Å²) in [5.41, 5.74) is -2.33. The predicted octanol–water partition coefficient (Wildman–Crippen LogP) is 1.97. The maximum atomic E-state index is 10.7. The Kier molecular flexibility index (Phi) is 4.30. The molecular weight excluding hydrogens is 273 g/mol. The van der Waals surface area contributed by atoms with E-state index < -0.39 is 22.0 Å². The van der Waals surface area contributed by atoms with E-state index in [-0.39, 0.29) is 5.82 Å². The van der Waals surface area contributed by atoms with Crippen molar-refractivity contribution in [2.75, 3.05) is 0 Å². The molecule has 0 aliphatic carbocycles. The lowest BCUT2D eigenvalue weighted by molar-refractivity contribution is -0.392. The van der Waals surface area contributed by atoms with Gasteiger partial charge in [-0.2, -0.15) is 4.57 Å². The minimum atomic E-state index is -1.22. The number of ether oxygens (including phenoxy) is 1. The zero-order valence-corrected chi connectivity index (χ0v) is 10.5. The molecule has 0 spiro atoms. The molecule has 1 aromatic heterocycles. The van der Waals surface area contributed by atoms with Crippen LogP contribution in [0, 0.1) is 17.0 Å². The standard InChI is InChI=1S/C8H9Cl2N3O4/c1-4-11-3-6(13(15)16)12(4)7(9)8(10)17-5(2)14/h3,7-8H,1-2H3. The zero-order chi connectivity index (χ0) is 13.2. The fraction of sp³-hybridized carbons (Fsp3) is 0.500. The summed E-state index contributed by atoms with van der Waals surface area (Å²) >= 11 is 11.6. The Balaban J connectivity index is 3.02. The molecular formula is C8H9Cl2N3O4. The number of hydrogen-bond donors (Lipinski definition) is 0. The van der Waals surface area contributed by atoms with E-state index in [1.807, 2.05) is 0 Å². The lowest BCUT2D eigenvalue weighted by atomic mass is 10.5. The average Bonchev–Trinajstić information content (AvgIpc) is 2.58. The Morgan fingerprint density at radius 3 is 2.71 bits per heavy atom. The van der Waals surface area contributed by atoms with Crippen LogP contribution in [0.3, 0.4) is 0 Å². The van der Waals surface area contributed by atoms with E-state index in [0.29, 0.717) is 5.82 Å². The van der Waals surface area contributed by atoms with Crippen molar-refractivity contribution in [3.8, 4) is 0 Å². The van der Waals surface area contributed by atoms with E-state index >= 15 is 0 Å². The first-order chi connectivity index (χ1) is 7.84. The minimum absolute atomic E-state index is 0.300. The second kappa shape index (κ2) is 5.33. The van der Waals surface area contributed by atoms with Crippen molar-refractivity contribution in [3.63, 3.8) is 0 Å². The second-order valence-electron chi connectivity index (χ2n) is 3.12. The molecule has 1 aromatic rings. The molecule has 0 N–H and O–H groups in total. The molecule has 17 heavy (non-hydrogen) atoms. The van der Waals surface area contributed by atoms with Crippen molar-refractivity contribution >= 4 is 35.0 Å². The van der Waals surface area contributed by atoms with Gasteiger partial charge in [-0.05, 0) is 4.92 Å². The summed E-state index contributed by atoms with van der Waals surface area (Å²) < 4.78 is 5.73. The van der Waals surface area contributed by atoms with Gasteiger partial charge in [0.1, 0.15) is 6.20 Å². The van der Waals surface area contributed by atoms with Crippen LogP contribution in [0.15, 0.2) is 6.20 Å². The topological polar surface area (TPSA) is 87.3 Å². The normalized spacial score (nSPS) is 14.1. The molecule has 0 radical (unpaired) electrons. The summed E-state index contributed by atoms with van der Waals surface area (Å²) in [6, 6.07) is 0. The first kappa shape index (κ1) is 13.7. The monoisotopic (exact) mass is 281 g/mol. The number of aromatic nitrogens is 2. The molecule has 0 aliphatic rings. The number of carbonyl (C=O) groups excluding carboxylic acids is 1. The smallest absolute Gasteiger partial charge is 0.344 e. The largest absolute Gasteiger partial charge is 0.440 e. The van der Waals surface area contributed by atoms with Gasteiger partial charge in [-0.3, -0.25) is 4.79 Å². The van der Waals surface area contributed by atoms with Gasteiger partial charge < -0.3 is 14.9 Å². The van der Waals surface area contributed by atoms with Crippen molar-refractivity contribution < 1.29 is 14.5 Å². The number of hydrogen-bond acceptors (Lipinski definition) is 5. The van der Waals surface area contributed by atoms with Crippen LogP contribution in [0.25, 0.3) is 0 Å². The number of imidazole rings is 1. The van der Waals surface area contributed by atoms with Gasteiger partial charge >= 0.3 is 11.8 Å². The zero-order valence-electron chi connectivity index (χ0n) is 8.96. The number of nitro groups is 1. The van der Waals surface area contributed by atoms with Crippen LogP contribution in [-0.2, 0) is 9.53 Å². The Bertz CT molecular complexity index is 448. The molecule has 7 nitrogen and oxygen atoms in total. The molecule has 94 valence electrons. The molecule has 0 fully saturated rings. The number of alkyl halides is 2. The summed E-state index contributed by atoms with van der Waals surface area (Å²) in [5.74, 6) is -0.647. The maximum Gasteiger partial charge on any atom is 0.344 e. The van der Waals surface area contributed by atoms with Crippen LogP contribution >= 0.6 is 23.2 Å². The van der Waals surface area contributed by atoms with E-state index in [2.05, 4.69) is 9.72 Å². The Morgan fingerprint density at radius 2 is 2.24 bits per heavy atom. The molecule has 2 atom stereocenters. The van der Waals surface area contributed by atoms with Gasteiger partial charge in [-0.15, -0.1) is 0 Å². The number of esters is 1. The van der Waals surface area contributed by atoms with E-state index in [9.17, 15) is 14.9 Å². The molecule has 2 unspecified atom stereocenters. The summed E-state index contributed by atoms with van der Waals surface area (Å²) in [6.07, 6.45) is 1.06. The van der Waals surface area contributed by atoms with Gasteiger partial charge in [0.2, 0.25) is 11.1 Å². The summed E-state index contributed by atoms with van der Waals surface area (Å²) in [6.45, 7) is 2.69. The number of nitrogens with zero attached hydrogens (tertiary/aromatic N) is 3. The summed E-state index contributed by atoms with van der Waals surface area (Å²) in [5, 5.41) is 10.7. The number of rotatable bonds is 4. The molecule has 0 bridgehead atoms. The fourth-order valence-electron chi connectivity index (χ4n) is 1.21. The number of carbonyl (C=O) groups is 1. The third-order valence-electron chi connectivity index (χ3n) is 1.89. The molecule has 0 saturated heterocycles. The second-order valence-corrected chi connectivity index (χ2v) is 4.00. The van der Waals surface area contributed by atoms with Gasteiger partial charge in [0.25, 0.3) is 0 Å². The van der Waals surface area contributed by atoms with Crippen LogP contribution in [-0.4, -0.2) is 26.0 Å². The molecule has 1 heterocycles. The highest BCUT2D eigenvalue weighted by molar-refractivity contribution is 6.28. The number of aryl methyl sites for hydroxylation is 1. The van der Waals surface area contributed by atoms with Gasteiger partial charge in [-0.25, -0.2) is 4.98 Å². The van der Waals surface area contributed by atoms with Crippen molar-refractivity contribution in [1.29, 1.82) is 0 Å². The van der Waals surface area contributed by atoms with Crippen LogP contribution in [0.5, 0.6) is 0 Å². The Hall–Kier alpha value is -1.34. The average molecular weight is 282 g/mol. The van der Waals surface area contributed by atoms with E-state index in [0.717, 1.165) is 17.7 Å². The van der Waals surface area contributed by atoms with Gasteiger partial charge in [0.15, 0.2) is 5.82 Å². The van der Waals surface area contributed by atoms with Gasteiger partial charge in [0, 0.05) is 13.8 Å². The van der Waals surface area contributed by atoms with Crippen molar-refractivity contribution in [2.24, 2.45) is 0 Å². The van der Waals surface area contributed by atoms with Crippen molar-refractivity contribution in [2.45, 2.75) is 24.9 Å². The van der Waals surface area contributed by atoms with Gasteiger partial charge in [0.05, 0.1) is 0 Å². The first-order valence-electron chi connectivity index (χ1n) is 4.48. The Labute approximate surface area is 106 Å². The highest BCUT2D eigenvalue weighted by Gasteiger charge is 2.31. The Morgan fingerprint density at radius 1 is 1.65 bits per heavy atom. The van der Waals surface area contributed by atoms with Crippen molar-refractivity contribution in [3.05, 3.63) is 22.1 Å². The van der Waals surface area contributed by atoms with Crippen LogP contribution in [0.1, 0.15) is 18.2 Å². The summed E-state index contributed by atoms with van der Waals surface area (Å²) in [4.78, 5) is 24.5. The van der Waals surface area contributed by atoms with E-state index in [4.69, 9.17) is 23.2 Å². The third kappa shape index (κ3) is 3.07. The predicted molar refractivity (Wildman–Crippen MR) is 59.9 cm³/mol. The molecule has 9 heteroatoms. The van der Waals surface area contributed by atoms with E-state index in [1.54, 1.807) is 0 Å². The number of halogens is 2. The SMILES string of the molecule is CC(=O)OC(Cl)C(Cl)n1c([N+](=O)[O-])cnc1C. The third-order valence-corrected chi connectivity index (χ3v) is 2.77. The fourth-order valence-corrected chi connectivity index (χ4v) is 1.74. The lowest BCUT2D eigenvalue weighted by Gasteiger charge is -2.15. The lowest BCUT2D eigenvalue weighted by Crippen LogP contribution is -2.22. The highest BCUT2D eigenvalue weighted by Crippen LogP contribution is 2.29. The van der Waals surface area contributed by atoms with Crippen LogP contribution < -0.4 is 0 Å².